The molecule has 0 radical (unpaired) electrons. The van der Waals surface area contributed by atoms with Crippen LogP contribution in [0.4, 0.5) is 0 Å². The second-order valence-corrected chi connectivity index (χ2v) is 4.57. The van der Waals surface area contributed by atoms with Gasteiger partial charge in [-0.1, -0.05) is 12.1 Å². The van der Waals surface area contributed by atoms with Crippen molar-refractivity contribution in [2.24, 2.45) is 0 Å². The molecule has 1 aliphatic rings. The molecule has 7 nitrogen and oxygen atoms in total. The summed E-state index contributed by atoms with van der Waals surface area (Å²) < 4.78 is 0. The fourth-order valence-electron chi connectivity index (χ4n) is 1.99. The highest BCUT2D eigenvalue weighted by molar-refractivity contribution is 5.90. The normalized spacial score (nSPS) is 14.3. The Morgan fingerprint density at radius 1 is 1.47 bits per heavy atom. The lowest BCUT2D eigenvalue weighted by molar-refractivity contribution is 0.0717. The first-order valence-corrected chi connectivity index (χ1v) is 6.06. The Bertz CT molecular complexity index is 580. The summed E-state index contributed by atoms with van der Waals surface area (Å²) >= 11 is 0. The molecule has 1 saturated carbocycles. The van der Waals surface area contributed by atoms with E-state index < -0.39 is 0 Å². The van der Waals surface area contributed by atoms with E-state index in [1.165, 1.54) is 0 Å². The number of benzene rings is 1. The fraction of sp³-hybridized carbons (Fsp3) is 0.333. The molecule has 1 heterocycles. The third-order valence-corrected chi connectivity index (χ3v) is 3.05. The Morgan fingerprint density at radius 2 is 2.32 bits per heavy atom. The first-order valence-electron chi connectivity index (χ1n) is 6.06. The molecule has 0 bridgehead atoms. The maximum atomic E-state index is 12.3. The number of phenolic OH excluding ortho intramolecular Hbond substituents is 1. The summed E-state index contributed by atoms with van der Waals surface area (Å²) in [7, 11) is 0. The number of carbonyl (C=O) groups is 1. The number of nitrogens with one attached hydrogen (secondary N) is 1. The minimum atomic E-state index is -0.236. The van der Waals surface area contributed by atoms with Crippen LogP contribution in [0.15, 0.2) is 24.3 Å². The van der Waals surface area contributed by atoms with E-state index in [9.17, 15) is 9.90 Å². The Morgan fingerprint density at radius 3 is 2.95 bits per heavy atom. The number of tetrazole rings is 1. The molecule has 0 aliphatic heterocycles. The zero-order chi connectivity index (χ0) is 13.2. The van der Waals surface area contributed by atoms with Crippen molar-refractivity contribution in [1.82, 2.24) is 25.5 Å². The van der Waals surface area contributed by atoms with Gasteiger partial charge in [0.25, 0.3) is 11.7 Å². The summed E-state index contributed by atoms with van der Waals surface area (Å²) in [6.45, 7) is 0.437. The fourth-order valence-corrected chi connectivity index (χ4v) is 1.99. The van der Waals surface area contributed by atoms with Crippen molar-refractivity contribution in [1.29, 1.82) is 0 Å². The highest BCUT2D eigenvalue weighted by Crippen LogP contribution is 2.29. The van der Waals surface area contributed by atoms with E-state index in [0.717, 1.165) is 18.4 Å². The second kappa shape index (κ2) is 4.68. The highest BCUT2D eigenvalue weighted by Gasteiger charge is 2.34. The predicted molar refractivity (Wildman–Crippen MR) is 65.2 cm³/mol. The van der Waals surface area contributed by atoms with Crippen LogP contribution in [0.2, 0.25) is 0 Å². The van der Waals surface area contributed by atoms with Gasteiger partial charge in [0, 0.05) is 12.6 Å². The molecular weight excluding hydrogens is 246 g/mol. The summed E-state index contributed by atoms with van der Waals surface area (Å²) in [6.07, 6.45) is 1.98. The largest absolute Gasteiger partial charge is 0.508 e. The van der Waals surface area contributed by atoms with Crippen LogP contribution in [-0.2, 0) is 6.54 Å². The average molecular weight is 259 g/mol. The molecule has 0 spiro atoms. The van der Waals surface area contributed by atoms with E-state index in [2.05, 4.69) is 20.6 Å². The number of hydrogen-bond acceptors (Lipinski definition) is 5. The Labute approximate surface area is 109 Å². The van der Waals surface area contributed by atoms with Crippen molar-refractivity contribution >= 4 is 5.91 Å². The molecule has 1 amide bonds. The quantitative estimate of drug-likeness (QED) is 0.843. The molecule has 0 saturated heterocycles. The number of H-pyrrole nitrogens is 1. The number of aromatic amines is 1. The van der Waals surface area contributed by atoms with Crippen LogP contribution < -0.4 is 0 Å². The third kappa shape index (κ3) is 2.54. The number of hydrogen-bond donors (Lipinski definition) is 2. The second-order valence-electron chi connectivity index (χ2n) is 4.57. The molecule has 1 fully saturated rings. The summed E-state index contributed by atoms with van der Waals surface area (Å²) in [4.78, 5) is 14.0. The lowest BCUT2D eigenvalue weighted by atomic mass is 10.2. The third-order valence-electron chi connectivity index (χ3n) is 3.05. The molecule has 98 valence electrons. The summed E-state index contributed by atoms with van der Waals surface area (Å²) in [5, 5.41) is 22.6. The van der Waals surface area contributed by atoms with Crippen LogP contribution >= 0.6 is 0 Å². The SMILES string of the molecule is O=C(c1nn[nH]n1)N(Cc1cccc(O)c1)C1CC1. The first-order chi connectivity index (χ1) is 9.24. The van der Waals surface area contributed by atoms with E-state index in [-0.39, 0.29) is 23.5 Å². The number of carbonyl (C=O) groups excluding carboxylic acids is 1. The van der Waals surface area contributed by atoms with Gasteiger partial charge in [-0.2, -0.15) is 5.21 Å². The molecule has 3 rings (SSSR count). The van der Waals surface area contributed by atoms with Crippen LogP contribution in [0, 0.1) is 0 Å². The van der Waals surface area contributed by atoms with Crippen molar-refractivity contribution in [3.63, 3.8) is 0 Å². The van der Waals surface area contributed by atoms with Crippen molar-refractivity contribution < 1.29 is 9.90 Å². The van der Waals surface area contributed by atoms with Gasteiger partial charge < -0.3 is 10.0 Å². The summed E-state index contributed by atoms with van der Waals surface area (Å²) in [5.41, 5.74) is 0.878. The molecule has 7 heteroatoms. The van der Waals surface area contributed by atoms with Gasteiger partial charge in [-0.05, 0) is 35.8 Å². The van der Waals surface area contributed by atoms with E-state index in [1.807, 2.05) is 6.07 Å². The van der Waals surface area contributed by atoms with Crippen LogP contribution in [0.25, 0.3) is 0 Å². The van der Waals surface area contributed by atoms with Crippen molar-refractivity contribution in [2.45, 2.75) is 25.4 Å². The van der Waals surface area contributed by atoms with Gasteiger partial charge in [0.15, 0.2) is 0 Å². The van der Waals surface area contributed by atoms with Crippen LogP contribution in [0.5, 0.6) is 5.75 Å². The van der Waals surface area contributed by atoms with Gasteiger partial charge in [0.1, 0.15) is 5.75 Å². The van der Waals surface area contributed by atoms with Gasteiger partial charge in [-0.3, -0.25) is 4.79 Å². The average Bonchev–Trinajstić information content (AvgIpc) is 3.09. The Kier molecular flexibility index (Phi) is 2.86. The molecule has 0 atom stereocenters. The van der Waals surface area contributed by atoms with E-state index in [0.29, 0.717) is 6.54 Å². The van der Waals surface area contributed by atoms with Crippen molar-refractivity contribution in [3.05, 3.63) is 35.7 Å². The Hall–Kier alpha value is -2.44. The number of amides is 1. The van der Waals surface area contributed by atoms with Gasteiger partial charge in [-0.25, -0.2) is 0 Å². The maximum absolute atomic E-state index is 12.3. The van der Waals surface area contributed by atoms with Crippen molar-refractivity contribution in [3.8, 4) is 5.75 Å². The number of nitrogens with zero attached hydrogens (tertiary/aromatic N) is 4. The van der Waals surface area contributed by atoms with Crippen LogP contribution in [0.1, 0.15) is 29.0 Å². The minimum absolute atomic E-state index is 0.0760. The Balaban J connectivity index is 1.80. The van der Waals surface area contributed by atoms with Gasteiger partial charge in [0.2, 0.25) is 0 Å². The molecule has 1 aromatic carbocycles. The smallest absolute Gasteiger partial charge is 0.296 e. The molecule has 1 aromatic heterocycles. The number of phenols is 1. The minimum Gasteiger partial charge on any atom is -0.508 e. The van der Waals surface area contributed by atoms with Crippen LogP contribution in [0.3, 0.4) is 0 Å². The lowest BCUT2D eigenvalue weighted by Crippen LogP contribution is -2.33. The maximum Gasteiger partial charge on any atom is 0.296 e. The lowest BCUT2D eigenvalue weighted by Gasteiger charge is -2.20. The number of aromatic hydroxyl groups is 1. The van der Waals surface area contributed by atoms with E-state index in [4.69, 9.17) is 0 Å². The highest BCUT2D eigenvalue weighted by atomic mass is 16.3. The van der Waals surface area contributed by atoms with Gasteiger partial charge in [0.05, 0.1) is 0 Å². The molecular formula is C12H13N5O2. The van der Waals surface area contributed by atoms with E-state index in [1.54, 1.807) is 23.1 Å². The molecule has 0 unspecified atom stereocenters. The van der Waals surface area contributed by atoms with E-state index >= 15 is 0 Å². The molecule has 19 heavy (non-hydrogen) atoms. The molecule has 1 aliphatic carbocycles. The monoisotopic (exact) mass is 259 g/mol. The molecule has 2 N–H and O–H groups in total. The zero-order valence-corrected chi connectivity index (χ0v) is 10.2. The topological polar surface area (TPSA) is 95.0 Å². The first kappa shape index (κ1) is 11.6. The molecule has 2 aromatic rings. The zero-order valence-electron chi connectivity index (χ0n) is 10.2. The van der Waals surface area contributed by atoms with Crippen molar-refractivity contribution in [2.75, 3.05) is 0 Å². The number of aromatic nitrogens is 4. The predicted octanol–water partition coefficient (Wildman–Crippen LogP) is 0.710. The summed E-state index contributed by atoms with van der Waals surface area (Å²) in [5.74, 6) is 0.0342. The van der Waals surface area contributed by atoms with Gasteiger partial charge >= 0.3 is 0 Å². The summed E-state index contributed by atoms with van der Waals surface area (Å²) in [6, 6.07) is 7.12. The standard InChI is InChI=1S/C12H13N5O2/c18-10-3-1-2-8(6-10)7-17(9-4-5-9)12(19)11-13-15-16-14-11/h1-3,6,9,18H,4-5,7H2,(H,13,14,15,16). The van der Waals surface area contributed by atoms with Crippen LogP contribution in [-0.4, -0.2) is 42.6 Å². The van der Waals surface area contributed by atoms with Gasteiger partial charge in [-0.15, -0.1) is 10.2 Å². The number of rotatable bonds is 4.